The van der Waals surface area contributed by atoms with E-state index >= 15 is 0 Å². The summed E-state index contributed by atoms with van der Waals surface area (Å²) in [6, 6.07) is 54.7. The molecular weight excluding hydrogens is 869 g/mol. The molecule has 0 saturated heterocycles. The minimum Gasteiger partial charge on any atom is -0.307 e. The standard InChI is InChI=1S/C70H22.CH2O/c1-3-23-11-31-19-35-15-27-7-9-29-17-37-21-33-13-25-5-2-6-26-14-34-22-38-18-30-10-8-28-16-36-20-32-12-24(4-1)39(23)53-45(31)59-49(35)55-41(27)43(29)57-51(37)61-47(33)54(40(25)26)48(34)62-52(38)58-44(30)42(28)56-50(36)60(46(32)53)63(59)69-65(55)67(57)70(64(61)62)68(58)66(56)69;1-2/h1-22H;1H2. The van der Waals surface area contributed by atoms with Gasteiger partial charge in [0, 0.05) is 0 Å². The van der Waals surface area contributed by atoms with Crippen LogP contribution in [0.2, 0.25) is 0 Å². The third-order valence-corrected chi connectivity index (χ3v) is 20.3. The van der Waals surface area contributed by atoms with E-state index in [1.165, 1.54) is 259 Å². The van der Waals surface area contributed by atoms with Crippen LogP contribution in [-0.2, 0) is 4.79 Å². The number of benzene rings is 25. The molecule has 0 aliphatic rings. The molecule has 0 radical (unpaired) electrons. The fourth-order valence-corrected chi connectivity index (χ4v) is 18.6. The van der Waals surface area contributed by atoms with Gasteiger partial charge in [-0.05, 0) is 331 Å². The monoisotopic (exact) mass is 892 g/mol. The summed E-state index contributed by atoms with van der Waals surface area (Å²) in [6.45, 7) is 2.00. The van der Waals surface area contributed by atoms with Gasteiger partial charge in [-0.3, -0.25) is 0 Å². The molecule has 1 heteroatoms. The van der Waals surface area contributed by atoms with Crippen molar-refractivity contribution in [3.8, 4) is 0 Å². The van der Waals surface area contributed by atoms with Gasteiger partial charge in [-0.1, -0.05) is 60.7 Å². The highest BCUT2D eigenvalue weighted by Crippen LogP contribution is 2.68. The summed E-state index contributed by atoms with van der Waals surface area (Å²) in [4.78, 5) is 8.00. The van der Waals surface area contributed by atoms with E-state index < -0.39 is 0 Å². The number of hydrogen-bond donors (Lipinski definition) is 0. The Morgan fingerprint density at radius 1 is 0.139 bits per heavy atom. The molecule has 72 heavy (non-hydrogen) atoms. The Hall–Kier alpha value is -9.43. The summed E-state index contributed by atoms with van der Waals surface area (Å²) in [5.74, 6) is 0. The van der Waals surface area contributed by atoms with E-state index in [1.54, 1.807) is 0 Å². The number of carbonyl (C=O) groups excluding carboxylic acids is 1. The first-order valence-electron chi connectivity index (χ1n) is 25.5. The zero-order valence-corrected chi connectivity index (χ0v) is 37.8. The Bertz CT molecular complexity index is 5940. The van der Waals surface area contributed by atoms with Crippen LogP contribution in [0.3, 0.4) is 0 Å². The molecule has 0 spiro atoms. The maximum Gasteiger partial charge on any atom is 0.106 e. The second-order valence-electron chi connectivity index (χ2n) is 22.7. The number of rotatable bonds is 0. The SMILES string of the molecule is C=O.c1cc2cc3cc4cc5ccc6cc7cc8cc9cccc%10cc%11cc%12cc%13ccc%14cc%15cc%16cc(c1)c2c1c3c2c4c3c5c6c4c7c5c8c(c9%10)c%11c6c%12c7c%13c%14c8c%15c(c%161)c2c1c3c4c(c56)c7c81. The van der Waals surface area contributed by atoms with Crippen molar-refractivity contribution in [3.05, 3.63) is 133 Å². The van der Waals surface area contributed by atoms with Crippen LogP contribution in [0.15, 0.2) is 133 Å². The lowest BCUT2D eigenvalue weighted by Crippen LogP contribution is -2.05. The Labute approximate surface area is 401 Å². The van der Waals surface area contributed by atoms with Gasteiger partial charge in [0.05, 0.1) is 0 Å². The molecule has 0 bridgehead atoms. The van der Waals surface area contributed by atoms with Crippen molar-refractivity contribution in [1.82, 2.24) is 0 Å². The summed E-state index contributed by atoms with van der Waals surface area (Å²) in [7, 11) is 0. The Morgan fingerprint density at radius 2 is 0.264 bits per heavy atom. The summed E-state index contributed by atoms with van der Waals surface area (Å²) < 4.78 is 0. The van der Waals surface area contributed by atoms with Crippen LogP contribution in [0.4, 0.5) is 0 Å². The fourth-order valence-electron chi connectivity index (χ4n) is 18.6. The minimum atomic E-state index is 1.35. The van der Waals surface area contributed by atoms with Crippen LogP contribution < -0.4 is 0 Å². The predicted molar refractivity (Wildman–Crippen MR) is 313 cm³/mol. The average Bonchev–Trinajstić information content (AvgIpc) is 3.49. The van der Waals surface area contributed by atoms with Crippen molar-refractivity contribution < 1.29 is 4.79 Å². The summed E-state index contributed by atoms with van der Waals surface area (Å²) in [5.41, 5.74) is 0. The third kappa shape index (κ3) is 2.65. The van der Waals surface area contributed by atoms with Gasteiger partial charge in [-0.2, -0.15) is 0 Å². The Balaban J connectivity index is 0.00000179. The molecule has 0 aliphatic carbocycles. The molecule has 1 nitrogen and oxygen atoms in total. The molecule has 0 unspecified atom stereocenters. The van der Waals surface area contributed by atoms with Crippen LogP contribution in [-0.4, -0.2) is 6.79 Å². The zero-order valence-electron chi connectivity index (χ0n) is 37.8. The number of hydrogen-bond acceptors (Lipinski definition) is 1. The van der Waals surface area contributed by atoms with E-state index in [0.717, 1.165) is 0 Å². The van der Waals surface area contributed by atoms with E-state index in [2.05, 4.69) is 133 Å². The first-order chi connectivity index (χ1) is 35.7. The lowest BCUT2D eigenvalue weighted by molar-refractivity contribution is -0.0980. The predicted octanol–water partition coefficient (Wildman–Crippen LogP) is 20.2. The molecule has 0 aliphatic heterocycles. The van der Waals surface area contributed by atoms with E-state index in [-0.39, 0.29) is 0 Å². The minimum absolute atomic E-state index is 1.35. The highest BCUT2D eigenvalue weighted by Gasteiger charge is 2.38. The largest absolute Gasteiger partial charge is 0.307 e. The van der Waals surface area contributed by atoms with Crippen LogP contribution in [0.25, 0.3) is 259 Å². The molecule has 25 aromatic rings. The molecule has 0 fully saturated rings. The molecule has 0 atom stereocenters. The van der Waals surface area contributed by atoms with E-state index in [1.807, 2.05) is 6.79 Å². The van der Waals surface area contributed by atoms with Gasteiger partial charge in [-0.25, -0.2) is 0 Å². The molecule has 25 aromatic carbocycles. The van der Waals surface area contributed by atoms with Gasteiger partial charge in [0.2, 0.25) is 0 Å². The van der Waals surface area contributed by atoms with E-state index in [0.29, 0.717) is 0 Å². The maximum atomic E-state index is 8.00. The average molecular weight is 893 g/mol. The van der Waals surface area contributed by atoms with Crippen LogP contribution >= 0.6 is 0 Å². The smallest absolute Gasteiger partial charge is 0.106 e. The van der Waals surface area contributed by atoms with Crippen molar-refractivity contribution in [2.75, 3.05) is 0 Å². The van der Waals surface area contributed by atoms with Crippen LogP contribution in [0.5, 0.6) is 0 Å². The molecule has 0 heterocycles. The normalized spacial score (nSPS) is 14.5. The van der Waals surface area contributed by atoms with Crippen molar-refractivity contribution in [2.45, 2.75) is 0 Å². The van der Waals surface area contributed by atoms with E-state index in [4.69, 9.17) is 4.79 Å². The lowest BCUT2D eigenvalue weighted by atomic mass is 9.68. The van der Waals surface area contributed by atoms with Gasteiger partial charge in [0.15, 0.2) is 0 Å². The van der Waals surface area contributed by atoms with Gasteiger partial charge in [0.25, 0.3) is 0 Å². The first kappa shape index (κ1) is 32.4. The quantitative estimate of drug-likeness (QED) is 0.109. The molecule has 0 amide bonds. The summed E-state index contributed by atoms with van der Waals surface area (Å²) in [6.07, 6.45) is 0. The second-order valence-corrected chi connectivity index (χ2v) is 22.7. The molecule has 0 saturated carbocycles. The molecule has 314 valence electrons. The molecule has 0 aromatic heterocycles. The third-order valence-electron chi connectivity index (χ3n) is 20.3. The molecule has 0 N–H and O–H groups in total. The van der Waals surface area contributed by atoms with Crippen LogP contribution in [0.1, 0.15) is 0 Å². The lowest BCUT2D eigenvalue weighted by Gasteiger charge is -2.34. The Kier molecular flexibility index (Phi) is 4.15. The summed E-state index contributed by atoms with van der Waals surface area (Å²) in [5, 5.41) is 69.3. The van der Waals surface area contributed by atoms with Crippen LogP contribution in [0, 0.1) is 0 Å². The van der Waals surface area contributed by atoms with Crippen molar-refractivity contribution in [2.24, 2.45) is 0 Å². The first-order valence-corrected chi connectivity index (χ1v) is 25.5. The van der Waals surface area contributed by atoms with E-state index in [9.17, 15) is 0 Å². The van der Waals surface area contributed by atoms with Gasteiger partial charge >= 0.3 is 0 Å². The van der Waals surface area contributed by atoms with Crippen molar-refractivity contribution in [3.63, 3.8) is 0 Å². The van der Waals surface area contributed by atoms with Crippen molar-refractivity contribution >= 4 is 265 Å². The summed E-state index contributed by atoms with van der Waals surface area (Å²) >= 11 is 0. The maximum absolute atomic E-state index is 8.00. The second kappa shape index (κ2) is 9.21. The number of carbonyl (C=O) groups is 1. The highest BCUT2D eigenvalue weighted by molar-refractivity contribution is 6.70. The van der Waals surface area contributed by atoms with Gasteiger partial charge in [-0.15, -0.1) is 0 Å². The fraction of sp³-hybridized carbons (Fsp3) is 0. The molecular formula is C71H24O. The highest BCUT2D eigenvalue weighted by atomic mass is 16.1. The van der Waals surface area contributed by atoms with Gasteiger partial charge < -0.3 is 4.79 Å². The zero-order chi connectivity index (χ0) is 45.3. The molecule has 25 rings (SSSR count). The van der Waals surface area contributed by atoms with Crippen molar-refractivity contribution in [1.29, 1.82) is 0 Å². The van der Waals surface area contributed by atoms with Gasteiger partial charge in [0.1, 0.15) is 6.79 Å². The Morgan fingerprint density at radius 3 is 0.458 bits per heavy atom. The topological polar surface area (TPSA) is 17.1 Å².